The van der Waals surface area contributed by atoms with Gasteiger partial charge >= 0.3 is 0 Å². The molecule has 0 fully saturated rings. The molecule has 0 saturated heterocycles. The minimum atomic E-state index is -1.73. The number of carbonyl (C=O) groups is 2. The molecule has 3 aromatic carbocycles. The maximum atomic E-state index is 13.2. The zero-order chi connectivity index (χ0) is 20.1. The van der Waals surface area contributed by atoms with Gasteiger partial charge in [0.2, 0.25) is 8.32 Å². The number of hydrogen-bond donors (Lipinski definition) is 0. The largest absolute Gasteiger partial charge is 0.544 e. The average molecular weight is 391 g/mol. The summed E-state index contributed by atoms with van der Waals surface area (Å²) >= 11 is 0. The minimum absolute atomic E-state index is 0.338. The minimum Gasteiger partial charge on any atom is -0.544 e. The van der Waals surface area contributed by atoms with Crippen molar-refractivity contribution < 1.29 is 18.8 Å². The lowest BCUT2D eigenvalue weighted by atomic mass is 9.93. The molecular formula is C22H21NO4Si. The van der Waals surface area contributed by atoms with E-state index < -0.39 is 8.32 Å². The molecule has 142 valence electrons. The van der Waals surface area contributed by atoms with Crippen molar-refractivity contribution in [1.29, 1.82) is 0 Å². The molecule has 0 aromatic heterocycles. The molecule has 4 rings (SSSR count). The summed E-state index contributed by atoms with van der Waals surface area (Å²) in [5, 5.41) is 1.41. The summed E-state index contributed by atoms with van der Waals surface area (Å²) in [6, 6.07) is 16.0. The fraction of sp³-hybridized carbons (Fsp3) is 0.182. The van der Waals surface area contributed by atoms with Crippen LogP contribution in [0.3, 0.4) is 0 Å². The Hall–Kier alpha value is -3.12. The molecule has 0 radical (unpaired) electrons. The Morgan fingerprint density at radius 3 is 2.07 bits per heavy atom. The summed E-state index contributed by atoms with van der Waals surface area (Å²) in [6.45, 7) is 6.30. The molecule has 0 spiro atoms. The number of imide groups is 1. The number of carbonyl (C=O) groups excluding carboxylic acids is 2. The Kier molecular flexibility index (Phi) is 4.23. The van der Waals surface area contributed by atoms with E-state index >= 15 is 0 Å². The predicted molar refractivity (Wildman–Crippen MR) is 112 cm³/mol. The molecule has 0 N–H and O–H groups in total. The van der Waals surface area contributed by atoms with E-state index in [4.69, 9.17) is 9.16 Å². The third kappa shape index (κ3) is 2.95. The van der Waals surface area contributed by atoms with Crippen LogP contribution in [-0.2, 0) is 0 Å². The fourth-order valence-corrected chi connectivity index (χ4v) is 4.34. The van der Waals surface area contributed by atoms with Gasteiger partial charge in [-0.25, -0.2) is 4.90 Å². The lowest BCUT2D eigenvalue weighted by Crippen LogP contribution is -2.40. The topological polar surface area (TPSA) is 55.8 Å². The summed E-state index contributed by atoms with van der Waals surface area (Å²) in [5.41, 5.74) is 1.51. The summed E-state index contributed by atoms with van der Waals surface area (Å²) < 4.78 is 11.4. The molecule has 2 amide bonds. The first-order chi connectivity index (χ1) is 13.3. The van der Waals surface area contributed by atoms with Crippen LogP contribution in [0.2, 0.25) is 19.6 Å². The highest BCUT2D eigenvalue weighted by molar-refractivity contribution is 6.70. The molecule has 0 bridgehead atoms. The van der Waals surface area contributed by atoms with Gasteiger partial charge in [0, 0.05) is 21.9 Å². The van der Waals surface area contributed by atoms with Crippen molar-refractivity contribution in [2.24, 2.45) is 0 Å². The monoisotopic (exact) mass is 391 g/mol. The molecule has 5 nitrogen and oxygen atoms in total. The van der Waals surface area contributed by atoms with Crippen molar-refractivity contribution in [1.82, 2.24) is 0 Å². The highest BCUT2D eigenvalue weighted by Crippen LogP contribution is 2.37. The molecule has 0 unspecified atom stereocenters. The molecule has 0 atom stereocenters. The quantitative estimate of drug-likeness (QED) is 0.471. The summed E-state index contributed by atoms with van der Waals surface area (Å²) in [7, 11) is -0.154. The van der Waals surface area contributed by atoms with Crippen LogP contribution in [0.15, 0.2) is 54.6 Å². The zero-order valence-electron chi connectivity index (χ0n) is 16.3. The smallest absolute Gasteiger partial charge is 0.265 e. The Balaban J connectivity index is 1.79. The number of benzene rings is 3. The molecule has 1 aliphatic heterocycles. The normalized spacial score (nSPS) is 13.8. The lowest BCUT2D eigenvalue weighted by Gasteiger charge is -2.28. The number of nitrogens with zero attached hydrogens (tertiary/aromatic N) is 1. The van der Waals surface area contributed by atoms with E-state index in [-0.39, 0.29) is 11.8 Å². The third-order valence-corrected chi connectivity index (χ3v) is 5.45. The highest BCUT2D eigenvalue weighted by atomic mass is 28.4. The van der Waals surface area contributed by atoms with Gasteiger partial charge in [0.1, 0.15) is 11.5 Å². The number of rotatable bonds is 4. The zero-order valence-corrected chi connectivity index (χ0v) is 17.3. The van der Waals surface area contributed by atoms with Crippen molar-refractivity contribution >= 4 is 36.6 Å². The van der Waals surface area contributed by atoms with Crippen molar-refractivity contribution in [3.63, 3.8) is 0 Å². The Bertz CT molecular complexity index is 1080. The molecule has 0 aliphatic carbocycles. The number of anilines is 1. The van der Waals surface area contributed by atoms with Gasteiger partial charge in [0.25, 0.3) is 11.8 Å². The van der Waals surface area contributed by atoms with Gasteiger partial charge in [-0.05, 0) is 62.1 Å². The molecule has 1 aliphatic rings. The third-order valence-electron chi connectivity index (χ3n) is 4.61. The standard InChI is InChI=1S/C22H21NO4Si/c1-26-19-13-12-18-20-16(19)6-5-7-17(20)21(24)23(22(18)25)14-8-10-15(11-9-14)27-28(2,3)4/h5-13H,1-4H3. The predicted octanol–water partition coefficient (Wildman–Crippen LogP) is 4.86. The summed E-state index contributed by atoms with van der Waals surface area (Å²) in [4.78, 5) is 27.6. The van der Waals surface area contributed by atoms with E-state index in [1.807, 2.05) is 6.07 Å². The molecule has 3 aromatic rings. The Morgan fingerprint density at radius 2 is 1.46 bits per heavy atom. The fourth-order valence-electron chi connectivity index (χ4n) is 3.50. The maximum absolute atomic E-state index is 13.2. The van der Waals surface area contributed by atoms with E-state index in [2.05, 4.69) is 19.6 Å². The van der Waals surface area contributed by atoms with Crippen LogP contribution < -0.4 is 14.1 Å². The Morgan fingerprint density at radius 1 is 0.821 bits per heavy atom. The van der Waals surface area contributed by atoms with E-state index in [1.54, 1.807) is 55.6 Å². The summed E-state index contributed by atoms with van der Waals surface area (Å²) in [5.74, 6) is 0.708. The van der Waals surface area contributed by atoms with Crippen molar-refractivity contribution in [2.75, 3.05) is 12.0 Å². The highest BCUT2D eigenvalue weighted by Gasteiger charge is 2.34. The number of methoxy groups -OCH3 is 1. The first-order valence-corrected chi connectivity index (χ1v) is 12.5. The molecular weight excluding hydrogens is 370 g/mol. The number of amides is 2. The summed E-state index contributed by atoms with van der Waals surface area (Å²) in [6.07, 6.45) is 0. The number of hydrogen-bond acceptors (Lipinski definition) is 4. The molecule has 28 heavy (non-hydrogen) atoms. The number of ether oxygens (including phenoxy) is 1. The van der Waals surface area contributed by atoms with Gasteiger partial charge in [0.15, 0.2) is 0 Å². The van der Waals surface area contributed by atoms with Crippen LogP contribution >= 0.6 is 0 Å². The second-order valence-corrected chi connectivity index (χ2v) is 12.1. The van der Waals surface area contributed by atoms with Crippen molar-refractivity contribution in [2.45, 2.75) is 19.6 Å². The van der Waals surface area contributed by atoms with Crippen LogP contribution in [0.4, 0.5) is 5.69 Å². The van der Waals surface area contributed by atoms with Gasteiger partial charge in [-0.2, -0.15) is 0 Å². The van der Waals surface area contributed by atoms with Gasteiger partial charge in [-0.15, -0.1) is 0 Å². The van der Waals surface area contributed by atoms with Crippen LogP contribution in [0.25, 0.3) is 10.8 Å². The molecule has 0 saturated carbocycles. The first-order valence-electron chi connectivity index (χ1n) is 9.08. The van der Waals surface area contributed by atoms with Crippen LogP contribution in [0.5, 0.6) is 11.5 Å². The van der Waals surface area contributed by atoms with Crippen LogP contribution in [-0.4, -0.2) is 27.2 Å². The SMILES string of the molecule is COc1ccc2c3c(cccc13)C(=O)N(c1ccc(O[Si](C)(C)C)cc1)C2=O. The second-order valence-electron chi connectivity index (χ2n) is 7.70. The van der Waals surface area contributed by atoms with Crippen LogP contribution in [0.1, 0.15) is 20.7 Å². The first kappa shape index (κ1) is 18.2. The van der Waals surface area contributed by atoms with Gasteiger partial charge < -0.3 is 9.16 Å². The lowest BCUT2D eigenvalue weighted by molar-refractivity contribution is 0.0893. The van der Waals surface area contributed by atoms with E-state index in [0.717, 1.165) is 11.1 Å². The van der Waals surface area contributed by atoms with Gasteiger partial charge in [0.05, 0.1) is 12.8 Å². The van der Waals surface area contributed by atoms with E-state index in [1.165, 1.54) is 4.90 Å². The van der Waals surface area contributed by atoms with Gasteiger partial charge in [-0.3, -0.25) is 9.59 Å². The average Bonchev–Trinajstić information content (AvgIpc) is 2.66. The van der Waals surface area contributed by atoms with Crippen molar-refractivity contribution in [3.05, 3.63) is 65.7 Å². The maximum Gasteiger partial charge on any atom is 0.265 e. The van der Waals surface area contributed by atoms with Gasteiger partial charge in [-0.1, -0.05) is 12.1 Å². The molecule has 6 heteroatoms. The van der Waals surface area contributed by atoms with E-state index in [9.17, 15) is 9.59 Å². The van der Waals surface area contributed by atoms with E-state index in [0.29, 0.717) is 28.0 Å². The van der Waals surface area contributed by atoms with Crippen molar-refractivity contribution in [3.8, 4) is 11.5 Å². The Labute approximate surface area is 164 Å². The molecule has 1 heterocycles. The van der Waals surface area contributed by atoms with Crippen LogP contribution in [0, 0.1) is 0 Å². The second kappa shape index (κ2) is 6.49.